The summed E-state index contributed by atoms with van der Waals surface area (Å²) in [4.78, 5) is 37.7. The molecule has 0 aromatic carbocycles. The Labute approximate surface area is 329 Å². The van der Waals surface area contributed by atoms with E-state index in [4.69, 9.17) is 14.2 Å². The van der Waals surface area contributed by atoms with Gasteiger partial charge in [-0.1, -0.05) is 214 Å². The third-order valence-electron chi connectivity index (χ3n) is 10.5. The van der Waals surface area contributed by atoms with Crippen LogP contribution in [-0.4, -0.2) is 37.2 Å². The van der Waals surface area contributed by atoms with Crippen LogP contribution in [0.25, 0.3) is 0 Å². The van der Waals surface area contributed by atoms with Crippen molar-refractivity contribution in [3.8, 4) is 0 Å². The van der Waals surface area contributed by atoms with Crippen molar-refractivity contribution in [2.24, 2.45) is 11.8 Å². The minimum absolute atomic E-state index is 0.0655. The molecule has 0 unspecified atom stereocenters. The van der Waals surface area contributed by atoms with Crippen molar-refractivity contribution >= 4 is 17.9 Å². The molecule has 0 heterocycles. The molecule has 6 heteroatoms. The van der Waals surface area contributed by atoms with Gasteiger partial charge < -0.3 is 14.2 Å². The summed E-state index contributed by atoms with van der Waals surface area (Å²) >= 11 is 0. The second kappa shape index (κ2) is 40.1. The Morgan fingerprint density at radius 3 is 0.925 bits per heavy atom. The zero-order chi connectivity index (χ0) is 39.0. The Kier molecular flexibility index (Phi) is 38.9. The van der Waals surface area contributed by atoms with Crippen LogP contribution in [0.4, 0.5) is 0 Å². The van der Waals surface area contributed by atoms with Crippen LogP contribution in [0.2, 0.25) is 0 Å². The quantitative estimate of drug-likeness (QED) is 0.0352. The Balaban J connectivity index is 4.32. The first-order chi connectivity index (χ1) is 25.7. The first-order valence-electron chi connectivity index (χ1n) is 23.2. The van der Waals surface area contributed by atoms with Crippen LogP contribution in [0.5, 0.6) is 0 Å². The number of esters is 3. The smallest absolute Gasteiger partial charge is 0.306 e. The monoisotopic (exact) mass is 751 g/mol. The van der Waals surface area contributed by atoms with Gasteiger partial charge in [-0.15, -0.1) is 0 Å². The fourth-order valence-corrected chi connectivity index (χ4v) is 6.93. The molecular formula is C47H90O6. The molecule has 0 spiro atoms. The van der Waals surface area contributed by atoms with Crippen LogP contribution in [0.15, 0.2) is 0 Å². The molecule has 6 nitrogen and oxygen atoms in total. The van der Waals surface area contributed by atoms with Gasteiger partial charge in [0.1, 0.15) is 13.2 Å². The average molecular weight is 751 g/mol. The first-order valence-corrected chi connectivity index (χ1v) is 23.2. The normalized spacial score (nSPS) is 12.1. The Bertz CT molecular complexity index is 809. The van der Waals surface area contributed by atoms with Crippen molar-refractivity contribution in [3.05, 3.63) is 0 Å². The average Bonchev–Trinajstić information content (AvgIpc) is 3.12. The van der Waals surface area contributed by atoms with Crippen LogP contribution < -0.4 is 0 Å². The van der Waals surface area contributed by atoms with Crippen molar-refractivity contribution in [2.45, 2.75) is 259 Å². The molecule has 0 aliphatic carbocycles. The third-order valence-corrected chi connectivity index (χ3v) is 10.5. The highest BCUT2D eigenvalue weighted by atomic mass is 16.6. The Morgan fingerprint density at radius 1 is 0.358 bits per heavy atom. The fourth-order valence-electron chi connectivity index (χ4n) is 6.93. The van der Waals surface area contributed by atoms with E-state index in [1.165, 1.54) is 141 Å². The highest BCUT2D eigenvalue weighted by Gasteiger charge is 2.19. The maximum atomic E-state index is 12.7. The lowest BCUT2D eigenvalue weighted by Gasteiger charge is -2.18. The molecule has 1 atom stereocenters. The summed E-state index contributed by atoms with van der Waals surface area (Å²) in [6, 6.07) is 0. The molecular weight excluding hydrogens is 661 g/mol. The van der Waals surface area contributed by atoms with E-state index < -0.39 is 6.10 Å². The maximum Gasteiger partial charge on any atom is 0.306 e. The van der Waals surface area contributed by atoms with Gasteiger partial charge in [-0.05, 0) is 31.1 Å². The lowest BCUT2D eigenvalue weighted by atomic mass is 10.0. The van der Waals surface area contributed by atoms with E-state index in [0.29, 0.717) is 19.3 Å². The minimum Gasteiger partial charge on any atom is -0.462 e. The van der Waals surface area contributed by atoms with E-state index in [1.54, 1.807) is 0 Å². The third kappa shape index (κ3) is 41.4. The summed E-state index contributed by atoms with van der Waals surface area (Å²) < 4.78 is 16.7. The number of unbranched alkanes of at least 4 members (excludes halogenated alkanes) is 26. The van der Waals surface area contributed by atoms with E-state index in [9.17, 15) is 14.4 Å². The standard InChI is InChI=1S/C47H90O6/c1-6-7-8-9-10-11-12-13-14-19-22-29-34-39-47(50)53-44(41-52-46(49)38-33-28-24-23-26-31-36-43(4)5)40-51-45(48)37-32-27-21-18-16-15-17-20-25-30-35-42(2)3/h42-44H,6-41H2,1-5H3/t44-/m1/s1. The van der Waals surface area contributed by atoms with E-state index in [0.717, 1.165) is 69.6 Å². The predicted molar refractivity (Wildman–Crippen MR) is 224 cm³/mol. The molecule has 53 heavy (non-hydrogen) atoms. The van der Waals surface area contributed by atoms with E-state index in [-0.39, 0.29) is 31.1 Å². The number of rotatable bonds is 41. The van der Waals surface area contributed by atoms with Gasteiger partial charge in [0.2, 0.25) is 0 Å². The summed E-state index contributed by atoms with van der Waals surface area (Å²) in [5, 5.41) is 0. The molecule has 0 rings (SSSR count). The molecule has 0 aliphatic rings. The van der Waals surface area contributed by atoms with Crippen LogP contribution in [0.1, 0.15) is 253 Å². The summed E-state index contributed by atoms with van der Waals surface area (Å²) in [6.45, 7) is 11.3. The largest absolute Gasteiger partial charge is 0.462 e. The predicted octanol–water partition coefficient (Wildman–Crippen LogP) is 14.6. The molecule has 0 aliphatic heterocycles. The summed E-state index contributed by atoms with van der Waals surface area (Å²) in [5.41, 5.74) is 0. The van der Waals surface area contributed by atoms with E-state index in [2.05, 4.69) is 34.6 Å². The number of ether oxygens (including phenoxy) is 3. The summed E-state index contributed by atoms with van der Waals surface area (Å²) in [7, 11) is 0. The highest BCUT2D eigenvalue weighted by molar-refractivity contribution is 5.71. The van der Waals surface area contributed by atoms with E-state index >= 15 is 0 Å². The van der Waals surface area contributed by atoms with Crippen molar-refractivity contribution < 1.29 is 28.6 Å². The van der Waals surface area contributed by atoms with Crippen molar-refractivity contribution in [2.75, 3.05) is 13.2 Å². The van der Waals surface area contributed by atoms with Gasteiger partial charge in [0.05, 0.1) is 0 Å². The Morgan fingerprint density at radius 2 is 0.623 bits per heavy atom. The van der Waals surface area contributed by atoms with Crippen LogP contribution in [0.3, 0.4) is 0 Å². The van der Waals surface area contributed by atoms with Gasteiger partial charge in [-0.2, -0.15) is 0 Å². The minimum atomic E-state index is -0.760. The zero-order valence-corrected chi connectivity index (χ0v) is 36.1. The van der Waals surface area contributed by atoms with Crippen LogP contribution in [-0.2, 0) is 28.6 Å². The van der Waals surface area contributed by atoms with Crippen molar-refractivity contribution in [3.63, 3.8) is 0 Å². The molecule has 0 aromatic rings. The van der Waals surface area contributed by atoms with Gasteiger partial charge in [-0.25, -0.2) is 0 Å². The summed E-state index contributed by atoms with van der Waals surface area (Å²) in [6.07, 6.45) is 38.1. The number of carbonyl (C=O) groups excluding carboxylic acids is 3. The molecule has 0 saturated heterocycles. The summed E-state index contributed by atoms with van der Waals surface area (Å²) in [5.74, 6) is 0.721. The number of carbonyl (C=O) groups is 3. The molecule has 0 saturated carbocycles. The molecule has 0 radical (unpaired) electrons. The molecule has 0 amide bonds. The fraction of sp³-hybridized carbons (Fsp3) is 0.936. The van der Waals surface area contributed by atoms with E-state index in [1.807, 2.05) is 0 Å². The molecule has 0 aromatic heterocycles. The van der Waals surface area contributed by atoms with Crippen molar-refractivity contribution in [1.29, 1.82) is 0 Å². The molecule has 314 valence electrons. The maximum absolute atomic E-state index is 12.7. The molecule has 0 N–H and O–H groups in total. The number of hydrogen-bond acceptors (Lipinski definition) is 6. The highest BCUT2D eigenvalue weighted by Crippen LogP contribution is 2.16. The lowest BCUT2D eigenvalue weighted by Crippen LogP contribution is -2.30. The van der Waals surface area contributed by atoms with Crippen LogP contribution in [0, 0.1) is 11.8 Å². The van der Waals surface area contributed by atoms with Gasteiger partial charge >= 0.3 is 17.9 Å². The lowest BCUT2D eigenvalue weighted by molar-refractivity contribution is -0.167. The van der Waals surface area contributed by atoms with Crippen LogP contribution >= 0.6 is 0 Å². The molecule has 0 bridgehead atoms. The number of hydrogen-bond donors (Lipinski definition) is 0. The zero-order valence-electron chi connectivity index (χ0n) is 36.1. The topological polar surface area (TPSA) is 78.9 Å². The van der Waals surface area contributed by atoms with Gasteiger partial charge in [0.15, 0.2) is 6.10 Å². The van der Waals surface area contributed by atoms with Crippen molar-refractivity contribution in [1.82, 2.24) is 0 Å². The SMILES string of the molecule is CCCCCCCCCCCCCCCC(=O)O[C@H](COC(=O)CCCCCCCCCCCCC(C)C)COC(=O)CCCCCCCCC(C)C. The van der Waals surface area contributed by atoms with Gasteiger partial charge in [-0.3, -0.25) is 14.4 Å². The first kappa shape index (κ1) is 51.4. The second-order valence-corrected chi connectivity index (χ2v) is 17.0. The van der Waals surface area contributed by atoms with Gasteiger partial charge in [0, 0.05) is 19.3 Å². The molecule has 0 fully saturated rings. The van der Waals surface area contributed by atoms with Gasteiger partial charge in [0.25, 0.3) is 0 Å². The Hall–Kier alpha value is -1.59. The second-order valence-electron chi connectivity index (χ2n) is 17.0.